The molecule has 0 rings (SSSR count). The average molecular weight is 248 g/mol. The molecule has 5 nitrogen and oxygen atoms in total. The summed E-state index contributed by atoms with van der Waals surface area (Å²) in [5.74, 6) is 0. The Morgan fingerprint density at radius 1 is 1.06 bits per heavy atom. The van der Waals surface area contributed by atoms with Gasteiger partial charge in [-0.05, 0) is 14.0 Å². The van der Waals surface area contributed by atoms with Gasteiger partial charge in [0.05, 0.1) is 19.8 Å². The van der Waals surface area contributed by atoms with E-state index in [0.29, 0.717) is 18.7 Å². The minimum atomic E-state index is 0.330. The van der Waals surface area contributed by atoms with Crippen LogP contribution in [0.2, 0.25) is 0 Å². The Morgan fingerprint density at radius 3 is 2.18 bits per heavy atom. The van der Waals surface area contributed by atoms with Crippen molar-refractivity contribution < 1.29 is 14.2 Å². The van der Waals surface area contributed by atoms with Crippen LogP contribution in [-0.4, -0.2) is 78.3 Å². The number of likely N-dealkylation sites (N-methyl/N-ethyl adjacent to an activating group) is 1. The number of nitrogens with zero attached hydrogens (tertiary/aromatic N) is 1. The molecule has 0 aromatic rings. The lowest BCUT2D eigenvalue weighted by atomic mass is 10.2. The van der Waals surface area contributed by atoms with Crippen molar-refractivity contribution in [1.82, 2.24) is 10.2 Å². The minimum Gasteiger partial charge on any atom is -0.383 e. The van der Waals surface area contributed by atoms with Gasteiger partial charge >= 0.3 is 0 Å². The number of hydrogen-bond donors (Lipinski definition) is 1. The van der Waals surface area contributed by atoms with E-state index in [1.165, 1.54) is 0 Å². The zero-order chi connectivity index (χ0) is 13.1. The Bertz CT molecular complexity index is 170. The topological polar surface area (TPSA) is 43.0 Å². The number of ether oxygens (including phenoxy) is 3. The average Bonchev–Trinajstić information content (AvgIpc) is 2.33. The van der Waals surface area contributed by atoms with Gasteiger partial charge in [-0.25, -0.2) is 0 Å². The Kier molecular flexibility index (Phi) is 10.8. The fourth-order valence-corrected chi connectivity index (χ4v) is 1.76. The van der Waals surface area contributed by atoms with Gasteiger partial charge in [0.1, 0.15) is 0 Å². The molecule has 0 amide bonds. The molecule has 0 aromatic carbocycles. The van der Waals surface area contributed by atoms with E-state index in [4.69, 9.17) is 14.2 Å². The van der Waals surface area contributed by atoms with E-state index in [1.54, 1.807) is 21.3 Å². The van der Waals surface area contributed by atoms with Crippen molar-refractivity contribution in [2.45, 2.75) is 19.0 Å². The molecular weight excluding hydrogens is 220 g/mol. The molecule has 0 heterocycles. The number of rotatable bonds is 11. The molecule has 0 aliphatic rings. The molecule has 0 radical (unpaired) electrons. The summed E-state index contributed by atoms with van der Waals surface area (Å²) in [6.45, 7) is 6.17. The van der Waals surface area contributed by atoms with Gasteiger partial charge in [-0.15, -0.1) is 0 Å². The van der Waals surface area contributed by atoms with Crippen molar-refractivity contribution in [3.8, 4) is 0 Å². The number of hydrogen-bond acceptors (Lipinski definition) is 5. The molecule has 104 valence electrons. The second-order valence-electron chi connectivity index (χ2n) is 4.23. The Morgan fingerprint density at radius 2 is 1.71 bits per heavy atom. The van der Waals surface area contributed by atoms with E-state index in [-0.39, 0.29) is 0 Å². The van der Waals surface area contributed by atoms with Crippen LogP contribution in [0.4, 0.5) is 0 Å². The summed E-state index contributed by atoms with van der Waals surface area (Å²) < 4.78 is 15.5. The Balaban J connectivity index is 4.23. The summed E-state index contributed by atoms with van der Waals surface area (Å²) in [6.07, 6.45) is 0. The van der Waals surface area contributed by atoms with Crippen molar-refractivity contribution in [1.29, 1.82) is 0 Å². The zero-order valence-corrected chi connectivity index (χ0v) is 11.9. The lowest BCUT2D eigenvalue weighted by Crippen LogP contribution is -2.48. The number of methoxy groups -OCH3 is 3. The van der Waals surface area contributed by atoms with Crippen LogP contribution >= 0.6 is 0 Å². The molecular formula is C12H28N2O3. The molecule has 0 saturated carbocycles. The first kappa shape index (κ1) is 16.8. The monoisotopic (exact) mass is 248 g/mol. The van der Waals surface area contributed by atoms with Crippen LogP contribution in [0.3, 0.4) is 0 Å². The largest absolute Gasteiger partial charge is 0.383 e. The summed E-state index contributed by atoms with van der Waals surface area (Å²) in [5, 5.41) is 3.26. The van der Waals surface area contributed by atoms with Crippen molar-refractivity contribution >= 4 is 0 Å². The first-order valence-electron chi connectivity index (χ1n) is 6.07. The van der Waals surface area contributed by atoms with E-state index in [9.17, 15) is 0 Å². The smallest absolute Gasteiger partial charge is 0.0628 e. The van der Waals surface area contributed by atoms with E-state index >= 15 is 0 Å². The van der Waals surface area contributed by atoms with Crippen LogP contribution in [0.25, 0.3) is 0 Å². The molecule has 2 unspecified atom stereocenters. The second-order valence-corrected chi connectivity index (χ2v) is 4.23. The molecule has 17 heavy (non-hydrogen) atoms. The van der Waals surface area contributed by atoms with Crippen molar-refractivity contribution in [3.05, 3.63) is 0 Å². The molecule has 5 heteroatoms. The molecule has 2 atom stereocenters. The van der Waals surface area contributed by atoms with Crippen LogP contribution in [-0.2, 0) is 14.2 Å². The van der Waals surface area contributed by atoms with Crippen LogP contribution in [0.5, 0.6) is 0 Å². The van der Waals surface area contributed by atoms with Gasteiger partial charge in [-0.2, -0.15) is 0 Å². The molecule has 0 saturated heterocycles. The van der Waals surface area contributed by atoms with Crippen LogP contribution < -0.4 is 5.32 Å². The first-order valence-corrected chi connectivity index (χ1v) is 6.07. The third-order valence-electron chi connectivity index (χ3n) is 2.84. The molecule has 0 aliphatic heterocycles. The van der Waals surface area contributed by atoms with E-state index in [2.05, 4.69) is 17.1 Å². The van der Waals surface area contributed by atoms with Crippen LogP contribution in [0, 0.1) is 0 Å². The van der Waals surface area contributed by atoms with Crippen LogP contribution in [0.15, 0.2) is 0 Å². The van der Waals surface area contributed by atoms with Gasteiger partial charge in [0, 0.05) is 46.5 Å². The van der Waals surface area contributed by atoms with Gasteiger partial charge in [0.2, 0.25) is 0 Å². The lowest BCUT2D eigenvalue weighted by Gasteiger charge is -2.31. The summed E-state index contributed by atoms with van der Waals surface area (Å²) in [4.78, 5) is 2.35. The van der Waals surface area contributed by atoms with E-state index in [1.807, 2.05) is 7.05 Å². The highest BCUT2D eigenvalue weighted by Crippen LogP contribution is 2.02. The molecule has 0 aromatic heterocycles. The SMILES string of the molecule is CNC(COC)CN(CCOC)C(C)COC. The highest BCUT2D eigenvalue weighted by Gasteiger charge is 2.17. The molecule has 0 fully saturated rings. The van der Waals surface area contributed by atoms with Crippen molar-refractivity contribution in [2.24, 2.45) is 0 Å². The van der Waals surface area contributed by atoms with Gasteiger partial charge in [-0.1, -0.05) is 0 Å². The Labute approximate surface area is 105 Å². The van der Waals surface area contributed by atoms with Crippen molar-refractivity contribution in [3.63, 3.8) is 0 Å². The fraction of sp³-hybridized carbons (Fsp3) is 1.00. The summed E-state index contributed by atoms with van der Waals surface area (Å²) in [5.41, 5.74) is 0. The third kappa shape index (κ3) is 7.68. The quantitative estimate of drug-likeness (QED) is 0.566. The van der Waals surface area contributed by atoms with Gasteiger partial charge in [0.15, 0.2) is 0 Å². The standard InChI is InChI=1S/C12H28N2O3/c1-11(9-16-4)14(6-7-15-3)8-12(13-2)10-17-5/h11-13H,6-10H2,1-5H3. The molecule has 0 bridgehead atoms. The number of nitrogens with one attached hydrogen (secondary N) is 1. The second kappa shape index (κ2) is 10.9. The van der Waals surface area contributed by atoms with Crippen molar-refractivity contribution in [2.75, 3.05) is 61.3 Å². The molecule has 1 N–H and O–H groups in total. The summed E-state index contributed by atoms with van der Waals surface area (Å²) in [6, 6.07) is 0.707. The maximum atomic E-state index is 5.21. The van der Waals surface area contributed by atoms with Gasteiger partial charge < -0.3 is 19.5 Å². The highest BCUT2D eigenvalue weighted by atomic mass is 16.5. The molecule has 0 spiro atoms. The maximum absolute atomic E-state index is 5.21. The summed E-state index contributed by atoms with van der Waals surface area (Å²) >= 11 is 0. The normalized spacial score (nSPS) is 15.2. The third-order valence-corrected chi connectivity index (χ3v) is 2.84. The predicted octanol–water partition coefficient (Wildman–Crippen LogP) is 0.204. The van der Waals surface area contributed by atoms with E-state index in [0.717, 1.165) is 26.3 Å². The van der Waals surface area contributed by atoms with Gasteiger partial charge in [-0.3, -0.25) is 4.90 Å². The predicted molar refractivity (Wildman–Crippen MR) is 69.5 cm³/mol. The minimum absolute atomic E-state index is 0.330. The molecule has 0 aliphatic carbocycles. The highest BCUT2D eigenvalue weighted by molar-refractivity contribution is 4.74. The maximum Gasteiger partial charge on any atom is 0.0628 e. The Hall–Kier alpha value is -0.200. The van der Waals surface area contributed by atoms with Crippen LogP contribution in [0.1, 0.15) is 6.92 Å². The zero-order valence-electron chi connectivity index (χ0n) is 11.9. The lowest BCUT2D eigenvalue weighted by molar-refractivity contribution is 0.0589. The van der Waals surface area contributed by atoms with Gasteiger partial charge in [0.25, 0.3) is 0 Å². The summed E-state index contributed by atoms with van der Waals surface area (Å²) in [7, 11) is 7.14. The van der Waals surface area contributed by atoms with E-state index < -0.39 is 0 Å². The first-order chi connectivity index (χ1) is 8.19. The fourth-order valence-electron chi connectivity index (χ4n) is 1.76.